The molecule has 0 aliphatic carbocycles. The molecule has 1 heterocycles. The number of aromatic hydroxyl groups is 1. The lowest BCUT2D eigenvalue weighted by molar-refractivity contribution is -0.0406. The Morgan fingerprint density at radius 2 is 2.29 bits per heavy atom. The van der Waals surface area contributed by atoms with Gasteiger partial charge >= 0.3 is 0 Å². The summed E-state index contributed by atoms with van der Waals surface area (Å²) in [6.45, 7) is 4.45. The van der Waals surface area contributed by atoms with Crippen LogP contribution >= 0.6 is 0 Å². The van der Waals surface area contributed by atoms with Gasteiger partial charge in [-0.2, -0.15) is 5.10 Å². The van der Waals surface area contributed by atoms with Crippen LogP contribution in [0, 0.1) is 0 Å². The second-order valence-corrected chi connectivity index (χ2v) is 3.29. The maximum Gasteiger partial charge on any atom is 0.159 e. The monoisotopic (exact) mass is 200 g/mol. The third-order valence-corrected chi connectivity index (χ3v) is 1.76. The van der Waals surface area contributed by atoms with Crippen LogP contribution in [0.5, 0.6) is 5.75 Å². The molecule has 0 aliphatic heterocycles. The van der Waals surface area contributed by atoms with Crippen molar-refractivity contribution in [2.75, 3.05) is 13.9 Å². The van der Waals surface area contributed by atoms with Crippen molar-refractivity contribution in [2.24, 2.45) is 0 Å². The van der Waals surface area contributed by atoms with E-state index in [1.807, 2.05) is 13.8 Å². The third kappa shape index (κ3) is 2.71. The molecule has 1 rings (SSSR count). The van der Waals surface area contributed by atoms with E-state index in [2.05, 4.69) is 5.10 Å². The van der Waals surface area contributed by atoms with Gasteiger partial charge in [0.15, 0.2) is 5.75 Å². The Morgan fingerprint density at radius 3 is 2.79 bits per heavy atom. The van der Waals surface area contributed by atoms with E-state index >= 15 is 0 Å². The molecule has 0 radical (unpaired) electrons. The summed E-state index contributed by atoms with van der Waals surface area (Å²) >= 11 is 0. The van der Waals surface area contributed by atoms with Gasteiger partial charge in [0.25, 0.3) is 0 Å². The fourth-order valence-electron chi connectivity index (χ4n) is 1.01. The Morgan fingerprint density at radius 1 is 1.57 bits per heavy atom. The van der Waals surface area contributed by atoms with Gasteiger partial charge in [0.05, 0.1) is 12.8 Å². The first-order chi connectivity index (χ1) is 6.65. The standard InChI is InChI=1S/C9H16N2O3/c1-7(2)11-4-9(12)8(10-11)5-14-6-13-3/h4,7,12H,5-6H2,1-3H3. The van der Waals surface area contributed by atoms with Crippen molar-refractivity contribution < 1.29 is 14.6 Å². The summed E-state index contributed by atoms with van der Waals surface area (Å²) in [6.07, 6.45) is 1.59. The number of rotatable bonds is 5. The van der Waals surface area contributed by atoms with Crippen molar-refractivity contribution in [1.29, 1.82) is 0 Å². The minimum atomic E-state index is 0.162. The summed E-state index contributed by atoms with van der Waals surface area (Å²) in [7, 11) is 1.55. The van der Waals surface area contributed by atoms with Crippen LogP contribution in [-0.4, -0.2) is 28.8 Å². The van der Waals surface area contributed by atoms with Crippen LogP contribution in [0.4, 0.5) is 0 Å². The maximum absolute atomic E-state index is 9.48. The van der Waals surface area contributed by atoms with Crippen LogP contribution in [0.15, 0.2) is 6.20 Å². The maximum atomic E-state index is 9.48. The van der Waals surface area contributed by atoms with Crippen LogP contribution in [0.3, 0.4) is 0 Å². The minimum Gasteiger partial charge on any atom is -0.504 e. The molecule has 0 fully saturated rings. The van der Waals surface area contributed by atoms with E-state index in [1.54, 1.807) is 18.0 Å². The lowest BCUT2D eigenvalue weighted by atomic mass is 10.4. The Hall–Kier alpha value is -1.07. The highest BCUT2D eigenvalue weighted by Gasteiger charge is 2.09. The fraction of sp³-hybridized carbons (Fsp3) is 0.667. The average molecular weight is 200 g/mol. The molecule has 0 bridgehead atoms. The smallest absolute Gasteiger partial charge is 0.159 e. The van der Waals surface area contributed by atoms with Gasteiger partial charge in [0.1, 0.15) is 12.5 Å². The number of aromatic nitrogens is 2. The van der Waals surface area contributed by atoms with Crippen molar-refractivity contribution in [3.8, 4) is 5.75 Å². The van der Waals surface area contributed by atoms with Crippen LogP contribution in [0.25, 0.3) is 0 Å². The normalized spacial score (nSPS) is 11.1. The largest absolute Gasteiger partial charge is 0.504 e. The molecule has 0 unspecified atom stereocenters. The molecular weight excluding hydrogens is 184 g/mol. The molecule has 1 N–H and O–H groups in total. The van der Waals surface area contributed by atoms with Crippen molar-refractivity contribution in [3.05, 3.63) is 11.9 Å². The molecule has 0 amide bonds. The molecule has 1 aromatic rings. The van der Waals surface area contributed by atoms with E-state index < -0.39 is 0 Å². The van der Waals surface area contributed by atoms with Crippen molar-refractivity contribution in [2.45, 2.75) is 26.5 Å². The number of ether oxygens (including phenoxy) is 2. The quantitative estimate of drug-likeness (QED) is 0.574. The van der Waals surface area contributed by atoms with Gasteiger partial charge < -0.3 is 14.6 Å². The third-order valence-electron chi connectivity index (χ3n) is 1.76. The van der Waals surface area contributed by atoms with E-state index in [1.165, 1.54) is 0 Å². The first-order valence-corrected chi connectivity index (χ1v) is 4.48. The Bertz CT molecular complexity index is 284. The van der Waals surface area contributed by atoms with Crippen molar-refractivity contribution in [1.82, 2.24) is 9.78 Å². The lowest BCUT2D eigenvalue weighted by Crippen LogP contribution is -2.03. The SMILES string of the molecule is COCOCc1nn(C(C)C)cc1O. The second kappa shape index (κ2) is 4.97. The molecule has 0 saturated heterocycles. The zero-order valence-electron chi connectivity index (χ0n) is 8.73. The van der Waals surface area contributed by atoms with E-state index in [-0.39, 0.29) is 25.2 Å². The zero-order valence-corrected chi connectivity index (χ0v) is 8.73. The molecule has 14 heavy (non-hydrogen) atoms. The molecule has 5 heteroatoms. The summed E-state index contributed by atoms with van der Waals surface area (Å²) in [5.41, 5.74) is 0.538. The average Bonchev–Trinajstić information content (AvgIpc) is 2.49. The van der Waals surface area contributed by atoms with Gasteiger partial charge in [-0.25, -0.2) is 0 Å². The predicted octanol–water partition coefficient (Wildman–Crippen LogP) is 1.29. The number of nitrogens with zero attached hydrogens (tertiary/aromatic N) is 2. The van der Waals surface area contributed by atoms with E-state index in [0.717, 1.165) is 0 Å². The summed E-state index contributed by atoms with van der Waals surface area (Å²) in [4.78, 5) is 0. The van der Waals surface area contributed by atoms with E-state index in [9.17, 15) is 5.11 Å². The lowest BCUT2D eigenvalue weighted by Gasteiger charge is -2.03. The van der Waals surface area contributed by atoms with E-state index in [4.69, 9.17) is 9.47 Å². The molecular formula is C9H16N2O3. The Kier molecular flexibility index (Phi) is 3.91. The van der Waals surface area contributed by atoms with Crippen LogP contribution in [-0.2, 0) is 16.1 Å². The molecule has 0 aliphatic rings. The molecule has 5 nitrogen and oxygen atoms in total. The van der Waals surface area contributed by atoms with Crippen molar-refractivity contribution >= 4 is 0 Å². The van der Waals surface area contributed by atoms with Gasteiger partial charge in [-0.1, -0.05) is 0 Å². The molecule has 0 atom stereocenters. The molecule has 80 valence electrons. The van der Waals surface area contributed by atoms with Gasteiger partial charge in [-0.3, -0.25) is 4.68 Å². The molecule has 0 aromatic carbocycles. The molecule has 1 aromatic heterocycles. The number of hydrogen-bond acceptors (Lipinski definition) is 4. The summed E-state index contributed by atoms with van der Waals surface area (Å²) in [5, 5.41) is 13.6. The second-order valence-electron chi connectivity index (χ2n) is 3.29. The number of hydrogen-bond donors (Lipinski definition) is 1. The van der Waals surface area contributed by atoms with E-state index in [0.29, 0.717) is 5.69 Å². The van der Waals surface area contributed by atoms with Gasteiger partial charge in [-0.05, 0) is 13.8 Å². The summed E-state index contributed by atoms with van der Waals surface area (Å²) < 4.78 is 11.5. The van der Waals surface area contributed by atoms with Gasteiger partial charge in [-0.15, -0.1) is 0 Å². The minimum absolute atomic E-state index is 0.162. The van der Waals surface area contributed by atoms with Crippen molar-refractivity contribution in [3.63, 3.8) is 0 Å². The highest BCUT2D eigenvalue weighted by atomic mass is 16.7. The van der Waals surface area contributed by atoms with Gasteiger partial charge in [0, 0.05) is 13.2 Å². The molecule has 0 spiro atoms. The highest BCUT2D eigenvalue weighted by Crippen LogP contribution is 2.18. The van der Waals surface area contributed by atoms with Gasteiger partial charge in [0.2, 0.25) is 0 Å². The van der Waals surface area contributed by atoms with Crippen LogP contribution in [0.2, 0.25) is 0 Å². The predicted molar refractivity (Wildman–Crippen MR) is 50.9 cm³/mol. The first-order valence-electron chi connectivity index (χ1n) is 4.48. The Labute approximate surface area is 83.2 Å². The highest BCUT2D eigenvalue weighted by molar-refractivity contribution is 5.21. The summed E-state index contributed by atoms with van der Waals surface area (Å²) in [6, 6.07) is 0.233. The fourth-order valence-corrected chi connectivity index (χ4v) is 1.01. The first kappa shape index (κ1) is 11.0. The number of methoxy groups -OCH3 is 1. The van der Waals surface area contributed by atoms with Crippen LogP contribution < -0.4 is 0 Å². The van der Waals surface area contributed by atoms with Crippen LogP contribution in [0.1, 0.15) is 25.6 Å². The molecule has 0 saturated carbocycles. The Balaban J connectivity index is 2.58. The zero-order chi connectivity index (χ0) is 10.6. The topological polar surface area (TPSA) is 56.5 Å². The summed E-state index contributed by atoms with van der Waals surface area (Å²) in [5.74, 6) is 0.162.